The Kier molecular flexibility index (Phi) is 3.28. The van der Waals surface area contributed by atoms with Crippen LogP contribution in [0.5, 0.6) is 0 Å². The van der Waals surface area contributed by atoms with Crippen LogP contribution in [-0.4, -0.2) is 46.6 Å². The molecule has 0 radical (unpaired) electrons. The summed E-state index contributed by atoms with van der Waals surface area (Å²) in [5.41, 5.74) is 1.17. The van der Waals surface area contributed by atoms with Gasteiger partial charge in [0.05, 0.1) is 35.6 Å². The minimum Gasteiger partial charge on any atom is -0.461 e. The Balaban J connectivity index is 2.47. The smallest absolute Gasteiger partial charge is 0.359 e. The first-order chi connectivity index (χ1) is 10.4. The van der Waals surface area contributed by atoms with E-state index in [2.05, 4.69) is 15.0 Å². The van der Waals surface area contributed by atoms with Gasteiger partial charge in [-0.25, -0.2) is 18.2 Å². The van der Waals surface area contributed by atoms with E-state index in [1.54, 1.807) is 19.2 Å². The van der Waals surface area contributed by atoms with Crippen LogP contribution in [0.1, 0.15) is 17.4 Å². The van der Waals surface area contributed by atoms with Gasteiger partial charge in [-0.2, -0.15) is 0 Å². The fraction of sp³-hybridized carbons (Fsp3) is 0.231. The first-order valence-corrected chi connectivity index (χ1v) is 8.31. The van der Waals surface area contributed by atoms with Crippen molar-refractivity contribution in [2.45, 2.75) is 12.1 Å². The molecule has 0 saturated carbocycles. The molecule has 0 unspecified atom stereocenters. The molecule has 3 aromatic rings. The van der Waals surface area contributed by atoms with Crippen molar-refractivity contribution < 1.29 is 17.9 Å². The molecule has 0 aliphatic carbocycles. The average Bonchev–Trinajstić information content (AvgIpc) is 2.87. The number of fused-ring (bicyclic) bond motifs is 3. The standard InChI is InChI=1S/C13H12N4O4S/c1-3-21-12(18)11-10-7-15-8-4-5-14-6-9(8)17(10)13(16-11)22(2,19)20/h4-7H,3H2,1-2H3. The predicted molar refractivity (Wildman–Crippen MR) is 77.4 cm³/mol. The van der Waals surface area contributed by atoms with Crippen LogP contribution in [0, 0.1) is 0 Å². The van der Waals surface area contributed by atoms with Crippen LogP contribution < -0.4 is 0 Å². The van der Waals surface area contributed by atoms with Gasteiger partial charge >= 0.3 is 5.97 Å². The van der Waals surface area contributed by atoms with Gasteiger partial charge in [0.2, 0.25) is 15.0 Å². The fourth-order valence-corrected chi connectivity index (χ4v) is 2.94. The summed E-state index contributed by atoms with van der Waals surface area (Å²) in [4.78, 5) is 24.1. The van der Waals surface area contributed by atoms with E-state index >= 15 is 0 Å². The third-order valence-electron chi connectivity index (χ3n) is 3.03. The van der Waals surface area contributed by atoms with E-state index in [0.717, 1.165) is 6.26 Å². The molecule has 0 saturated heterocycles. The normalized spacial score (nSPS) is 11.9. The molecule has 0 atom stereocenters. The molecule has 114 valence electrons. The van der Waals surface area contributed by atoms with E-state index < -0.39 is 15.8 Å². The molecule has 0 aliphatic heterocycles. The summed E-state index contributed by atoms with van der Waals surface area (Å²) in [5, 5.41) is -0.244. The molecule has 0 bridgehead atoms. The Morgan fingerprint density at radius 1 is 1.32 bits per heavy atom. The third-order valence-corrected chi connectivity index (χ3v) is 3.96. The number of pyridine rings is 1. The summed E-state index contributed by atoms with van der Waals surface area (Å²) < 4.78 is 30.3. The summed E-state index contributed by atoms with van der Waals surface area (Å²) in [6.45, 7) is 1.82. The fourth-order valence-electron chi connectivity index (χ4n) is 2.15. The van der Waals surface area contributed by atoms with E-state index in [9.17, 15) is 13.2 Å². The quantitative estimate of drug-likeness (QED) is 0.659. The summed E-state index contributed by atoms with van der Waals surface area (Å²) >= 11 is 0. The molecule has 0 amide bonds. The highest BCUT2D eigenvalue weighted by Gasteiger charge is 2.25. The van der Waals surface area contributed by atoms with Crippen LogP contribution in [-0.2, 0) is 14.6 Å². The maximum atomic E-state index is 12.0. The first kappa shape index (κ1) is 14.4. The number of esters is 1. The number of carbonyl (C=O) groups excluding carboxylic acids is 1. The molecule has 0 spiro atoms. The number of hydrogen-bond acceptors (Lipinski definition) is 7. The lowest BCUT2D eigenvalue weighted by Crippen LogP contribution is -2.06. The second-order valence-corrected chi connectivity index (χ2v) is 6.49. The second-order valence-electron chi connectivity index (χ2n) is 4.58. The summed E-state index contributed by atoms with van der Waals surface area (Å²) in [5.74, 6) is -0.694. The molecule has 22 heavy (non-hydrogen) atoms. The molecular weight excluding hydrogens is 308 g/mol. The Hall–Kier alpha value is -2.55. The molecule has 0 N–H and O–H groups in total. The van der Waals surface area contributed by atoms with Crippen molar-refractivity contribution in [3.05, 3.63) is 30.4 Å². The van der Waals surface area contributed by atoms with Crippen LogP contribution in [0.15, 0.2) is 29.8 Å². The topological polar surface area (TPSA) is 104 Å². The van der Waals surface area contributed by atoms with E-state index in [1.165, 1.54) is 16.8 Å². The monoisotopic (exact) mass is 320 g/mol. The van der Waals surface area contributed by atoms with Crippen molar-refractivity contribution in [2.75, 3.05) is 12.9 Å². The first-order valence-electron chi connectivity index (χ1n) is 6.42. The minimum atomic E-state index is -3.66. The molecule has 3 aromatic heterocycles. The van der Waals surface area contributed by atoms with Crippen LogP contribution in [0.2, 0.25) is 0 Å². The van der Waals surface area contributed by atoms with Gasteiger partial charge in [0, 0.05) is 12.5 Å². The van der Waals surface area contributed by atoms with Gasteiger partial charge in [0.1, 0.15) is 0 Å². The van der Waals surface area contributed by atoms with Gasteiger partial charge in [-0.15, -0.1) is 0 Å². The summed E-state index contributed by atoms with van der Waals surface area (Å²) in [6, 6.07) is 1.64. The molecule has 3 heterocycles. The van der Waals surface area contributed by atoms with Gasteiger partial charge in [-0.1, -0.05) is 0 Å². The number of aromatic nitrogens is 4. The van der Waals surface area contributed by atoms with Crippen molar-refractivity contribution in [3.63, 3.8) is 0 Å². The number of rotatable bonds is 3. The number of hydrogen-bond donors (Lipinski definition) is 0. The highest BCUT2D eigenvalue weighted by molar-refractivity contribution is 7.90. The van der Waals surface area contributed by atoms with E-state index in [0.29, 0.717) is 11.0 Å². The summed E-state index contributed by atoms with van der Waals surface area (Å²) in [7, 11) is -3.66. The number of imidazole rings is 1. The average molecular weight is 320 g/mol. The van der Waals surface area contributed by atoms with Crippen molar-refractivity contribution in [1.82, 2.24) is 19.4 Å². The zero-order valence-corrected chi connectivity index (χ0v) is 12.7. The predicted octanol–water partition coefficient (Wildman–Crippen LogP) is 0.858. The van der Waals surface area contributed by atoms with Crippen LogP contribution in [0.25, 0.3) is 16.6 Å². The second kappa shape index (κ2) is 5.02. The summed E-state index contributed by atoms with van der Waals surface area (Å²) in [6.07, 6.45) is 5.45. The maximum Gasteiger partial charge on any atom is 0.359 e. The van der Waals surface area contributed by atoms with Crippen LogP contribution in [0.4, 0.5) is 0 Å². The maximum absolute atomic E-state index is 12.0. The van der Waals surface area contributed by atoms with Crippen LogP contribution >= 0.6 is 0 Å². The van der Waals surface area contributed by atoms with Crippen molar-refractivity contribution in [2.24, 2.45) is 0 Å². The zero-order valence-electron chi connectivity index (χ0n) is 11.8. The van der Waals surface area contributed by atoms with Crippen molar-refractivity contribution in [1.29, 1.82) is 0 Å². The Labute approximate surface area is 125 Å². The van der Waals surface area contributed by atoms with Crippen molar-refractivity contribution in [3.8, 4) is 0 Å². The van der Waals surface area contributed by atoms with Gasteiger partial charge < -0.3 is 4.74 Å². The highest BCUT2D eigenvalue weighted by atomic mass is 32.2. The molecule has 8 nitrogen and oxygen atoms in total. The Morgan fingerprint density at radius 2 is 2.09 bits per heavy atom. The van der Waals surface area contributed by atoms with E-state index in [1.807, 2.05) is 0 Å². The highest BCUT2D eigenvalue weighted by Crippen LogP contribution is 2.22. The molecule has 3 rings (SSSR count). The van der Waals surface area contributed by atoms with Gasteiger partial charge in [-0.05, 0) is 13.0 Å². The van der Waals surface area contributed by atoms with Crippen molar-refractivity contribution >= 4 is 32.4 Å². The molecule has 0 fully saturated rings. The minimum absolute atomic E-state index is 0.0828. The van der Waals surface area contributed by atoms with Crippen LogP contribution in [0.3, 0.4) is 0 Å². The lowest BCUT2D eigenvalue weighted by Gasteiger charge is -2.03. The Morgan fingerprint density at radius 3 is 2.77 bits per heavy atom. The molecule has 0 aliphatic rings. The number of ether oxygens (including phenoxy) is 1. The Bertz CT molecular complexity index is 994. The zero-order chi connectivity index (χ0) is 15.9. The van der Waals surface area contributed by atoms with E-state index in [-0.39, 0.29) is 23.0 Å². The third kappa shape index (κ3) is 2.19. The van der Waals surface area contributed by atoms with Gasteiger partial charge in [0.15, 0.2) is 5.69 Å². The SMILES string of the molecule is CCOC(=O)c1nc(S(C)(=O)=O)n2c1cnc1ccncc12. The molecule has 9 heteroatoms. The van der Waals surface area contributed by atoms with E-state index in [4.69, 9.17) is 4.74 Å². The molecule has 0 aromatic carbocycles. The number of nitrogens with zero attached hydrogens (tertiary/aromatic N) is 4. The lowest BCUT2D eigenvalue weighted by molar-refractivity contribution is 0.0522. The van der Waals surface area contributed by atoms with Gasteiger partial charge in [-0.3, -0.25) is 14.4 Å². The largest absolute Gasteiger partial charge is 0.461 e. The molecular formula is C13H12N4O4S. The number of carbonyl (C=O) groups is 1. The van der Waals surface area contributed by atoms with Gasteiger partial charge in [0.25, 0.3) is 0 Å². The lowest BCUT2D eigenvalue weighted by atomic mass is 10.3. The number of sulfone groups is 1.